The largest absolute Gasteiger partial charge is 0.477 e. The molecule has 1 saturated heterocycles. The zero-order valence-corrected chi connectivity index (χ0v) is 21.1. The van der Waals surface area contributed by atoms with Gasteiger partial charge in [-0.3, -0.25) is 4.79 Å². The highest BCUT2D eigenvalue weighted by molar-refractivity contribution is 5.92. The van der Waals surface area contributed by atoms with E-state index in [0.29, 0.717) is 23.2 Å². The van der Waals surface area contributed by atoms with Crippen LogP contribution in [-0.2, 0) is 6.42 Å². The minimum atomic E-state index is -1.28. The summed E-state index contributed by atoms with van der Waals surface area (Å²) in [5.41, 5.74) is 3.47. The van der Waals surface area contributed by atoms with E-state index in [0.717, 1.165) is 37.3 Å². The number of benzene rings is 2. The Morgan fingerprint density at radius 3 is 2.38 bits per heavy atom. The van der Waals surface area contributed by atoms with Gasteiger partial charge in [-0.25, -0.2) is 9.78 Å². The molecule has 190 valence electrons. The summed E-state index contributed by atoms with van der Waals surface area (Å²) >= 11 is 0. The van der Waals surface area contributed by atoms with Gasteiger partial charge in [0.15, 0.2) is 5.65 Å². The number of carboxylic acids is 1. The fourth-order valence-corrected chi connectivity index (χ4v) is 4.96. The van der Waals surface area contributed by atoms with Crippen LogP contribution in [-0.4, -0.2) is 50.1 Å². The van der Waals surface area contributed by atoms with Crippen molar-refractivity contribution in [2.24, 2.45) is 0 Å². The number of piperidine rings is 1. The van der Waals surface area contributed by atoms with Crippen LogP contribution >= 0.6 is 0 Å². The van der Waals surface area contributed by atoms with Crippen molar-refractivity contribution in [3.63, 3.8) is 0 Å². The third-order valence-corrected chi connectivity index (χ3v) is 7.27. The monoisotopic (exact) mass is 497 g/mol. The van der Waals surface area contributed by atoms with Crippen LogP contribution < -0.4 is 10.7 Å². The average Bonchev–Trinajstić information content (AvgIpc) is 2.94. The molecule has 0 amide bonds. The molecule has 5 rings (SSSR count). The van der Waals surface area contributed by atoms with E-state index in [9.17, 15) is 14.7 Å². The van der Waals surface area contributed by atoms with Gasteiger partial charge in [0, 0.05) is 23.8 Å². The number of hydrogen-bond donors (Lipinski definition) is 2. The molecule has 8 nitrogen and oxygen atoms in total. The Morgan fingerprint density at radius 2 is 1.76 bits per heavy atom. The molecule has 0 unspecified atom stereocenters. The molecule has 8 heteroatoms. The Hall–Kier alpha value is -4.04. The lowest BCUT2D eigenvalue weighted by Gasteiger charge is -2.31. The van der Waals surface area contributed by atoms with Crippen LogP contribution in [0.5, 0.6) is 0 Å². The minimum absolute atomic E-state index is 0.152. The van der Waals surface area contributed by atoms with Gasteiger partial charge < -0.3 is 19.9 Å². The highest BCUT2D eigenvalue weighted by atomic mass is 16.4. The SMILES string of the molecule is CCc1ccc(-n2cc(C(=O)O)c(=O)c3cnc(Nc4ccc(C5CCN(CC)CC5)cc4)nc32)cc1. The van der Waals surface area contributed by atoms with Gasteiger partial charge in [-0.05, 0) is 80.2 Å². The summed E-state index contributed by atoms with van der Waals surface area (Å²) in [6.07, 6.45) is 5.96. The molecule has 37 heavy (non-hydrogen) atoms. The smallest absolute Gasteiger partial charge is 0.341 e. The molecule has 0 atom stereocenters. The number of anilines is 2. The Morgan fingerprint density at radius 1 is 1.05 bits per heavy atom. The number of nitrogens with zero attached hydrogens (tertiary/aromatic N) is 4. The van der Waals surface area contributed by atoms with Gasteiger partial charge in [0.05, 0.1) is 5.39 Å². The number of nitrogens with one attached hydrogen (secondary N) is 1. The number of pyridine rings is 1. The molecule has 0 saturated carbocycles. The van der Waals surface area contributed by atoms with Gasteiger partial charge in [-0.1, -0.05) is 38.1 Å². The van der Waals surface area contributed by atoms with Crippen molar-refractivity contribution in [1.82, 2.24) is 19.4 Å². The van der Waals surface area contributed by atoms with Gasteiger partial charge in [-0.2, -0.15) is 4.98 Å². The first kappa shape index (κ1) is 24.6. The zero-order valence-electron chi connectivity index (χ0n) is 21.1. The molecule has 1 aliphatic rings. The Labute approximate surface area is 215 Å². The number of aromatic nitrogens is 3. The maximum atomic E-state index is 12.9. The highest BCUT2D eigenvalue weighted by Gasteiger charge is 2.20. The van der Waals surface area contributed by atoms with Crippen molar-refractivity contribution in [1.29, 1.82) is 0 Å². The molecule has 0 spiro atoms. The summed E-state index contributed by atoms with van der Waals surface area (Å²) in [7, 11) is 0. The van der Waals surface area contributed by atoms with Crippen LogP contribution in [0, 0.1) is 0 Å². The average molecular weight is 498 g/mol. The van der Waals surface area contributed by atoms with Crippen molar-refractivity contribution in [2.45, 2.75) is 39.0 Å². The van der Waals surface area contributed by atoms with E-state index in [2.05, 4.69) is 46.2 Å². The van der Waals surface area contributed by atoms with Gasteiger partial charge >= 0.3 is 5.97 Å². The van der Waals surface area contributed by atoms with Crippen LogP contribution in [0.2, 0.25) is 0 Å². The molecule has 4 aromatic rings. The summed E-state index contributed by atoms with van der Waals surface area (Å²) < 4.78 is 1.64. The van der Waals surface area contributed by atoms with E-state index in [1.807, 2.05) is 36.4 Å². The molecule has 0 bridgehead atoms. The predicted octanol–water partition coefficient (Wildman–Crippen LogP) is 4.98. The third-order valence-electron chi connectivity index (χ3n) is 7.27. The summed E-state index contributed by atoms with van der Waals surface area (Å²) in [4.78, 5) is 36.0. The first-order valence-electron chi connectivity index (χ1n) is 12.8. The molecule has 2 aromatic heterocycles. The van der Waals surface area contributed by atoms with Crippen molar-refractivity contribution in [3.05, 3.63) is 87.8 Å². The van der Waals surface area contributed by atoms with Crippen LogP contribution in [0.3, 0.4) is 0 Å². The van der Waals surface area contributed by atoms with E-state index in [-0.39, 0.29) is 10.9 Å². The second-order valence-corrected chi connectivity index (χ2v) is 9.45. The highest BCUT2D eigenvalue weighted by Crippen LogP contribution is 2.29. The summed E-state index contributed by atoms with van der Waals surface area (Å²) in [6, 6.07) is 16.1. The first-order chi connectivity index (χ1) is 18.0. The van der Waals surface area contributed by atoms with Crippen molar-refractivity contribution in [2.75, 3.05) is 25.0 Å². The van der Waals surface area contributed by atoms with Gasteiger partial charge in [0.25, 0.3) is 0 Å². The molecule has 0 aliphatic carbocycles. The van der Waals surface area contributed by atoms with E-state index in [4.69, 9.17) is 0 Å². The number of aryl methyl sites for hydroxylation is 1. The quantitative estimate of drug-likeness (QED) is 0.371. The van der Waals surface area contributed by atoms with E-state index < -0.39 is 11.4 Å². The second-order valence-electron chi connectivity index (χ2n) is 9.45. The molecule has 1 aliphatic heterocycles. The predicted molar refractivity (Wildman–Crippen MR) is 145 cm³/mol. The normalized spacial score (nSPS) is 14.6. The number of rotatable bonds is 7. The topological polar surface area (TPSA) is 100 Å². The number of fused-ring (bicyclic) bond motifs is 1. The van der Waals surface area contributed by atoms with Crippen molar-refractivity contribution >= 4 is 28.6 Å². The van der Waals surface area contributed by atoms with Crippen LogP contribution in [0.4, 0.5) is 11.6 Å². The maximum absolute atomic E-state index is 12.9. The summed E-state index contributed by atoms with van der Waals surface area (Å²) in [5, 5.41) is 13.0. The molecule has 2 N–H and O–H groups in total. The Bertz CT molecular complexity index is 1470. The van der Waals surface area contributed by atoms with Gasteiger partial charge in [-0.15, -0.1) is 0 Å². The number of hydrogen-bond acceptors (Lipinski definition) is 6. The maximum Gasteiger partial charge on any atom is 0.341 e. The second kappa shape index (κ2) is 10.5. The minimum Gasteiger partial charge on any atom is -0.477 e. The molecular weight excluding hydrogens is 466 g/mol. The number of carbonyl (C=O) groups is 1. The van der Waals surface area contributed by atoms with Crippen LogP contribution in [0.25, 0.3) is 16.7 Å². The Balaban J connectivity index is 1.46. The standard InChI is InChI=1S/C29H31N5O3/c1-3-19-5-11-23(12-6-19)34-18-25(28(36)37)26(35)24-17-30-29(32-27(24)34)31-22-9-7-20(8-10-22)21-13-15-33(4-2)16-14-21/h5-12,17-18,21H,3-4,13-16H2,1-2H3,(H,36,37)(H,30,31,32). The number of likely N-dealkylation sites (tertiary alicyclic amines) is 1. The zero-order chi connectivity index (χ0) is 25.9. The van der Waals surface area contributed by atoms with Crippen LogP contribution in [0.15, 0.2) is 65.7 Å². The Kier molecular flexibility index (Phi) is 7.01. The summed E-state index contributed by atoms with van der Waals surface area (Å²) in [6.45, 7) is 7.66. The van der Waals surface area contributed by atoms with Crippen LogP contribution in [0.1, 0.15) is 54.1 Å². The van der Waals surface area contributed by atoms with Gasteiger partial charge in [0.1, 0.15) is 5.56 Å². The molecule has 3 heterocycles. The lowest BCUT2D eigenvalue weighted by Crippen LogP contribution is -2.32. The lowest BCUT2D eigenvalue weighted by atomic mass is 9.89. The van der Waals surface area contributed by atoms with Crippen molar-refractivity contribution < 1.29 is 9.90 Å². The molecule has 0 radical (unpaired) electrons. The number of aromatic carboxylic acids is 1. The van der Waals surface area contributed by atoms with E-state index in [1.165, 1.54) is 30.8 Å². The fourth-order valence-electron chi connectivity index (χ4n) is 4.96. The van der Waals surface area contributed by atoms with E-state index >= 15 is 0 Å². The fraction of sp³-hybridized carbons (Fsp3) is 0.310. The first-order valence-corrected chi connectivity index (χ1v) is 12.8. The molecule has 2 aromatic carbocycles. The molecular formula is C29H31N5O3. The molecule has 1 fully saturated rings. The lowest BCUT2D eigenvalue weighted by molar-refractivity contribution is 0.0695. The van der Waals surface area contributed by atoms with Gasteiger partial charge in [0.2, 0.25) is 11.4 Å². The van der Waals surface area contributed by atoms with Crippen molar-refractivity contribution in [3.8, 4) is 5.69 Å². The third kappa shape index (κ3) is 5.11. The van der Waals surface area contributed by atoms with E-state index in [1.54, 1.807) is 4.57 Å². The summed E-state index contributed by atoms with van der Waals surface area (Å²) in [5.74, 6) is -0.378. The number of carboxylic acid groups (broad SMARTS) is 1.